The lowest BCUT2D eigenvalue weighted by Gasteiger charge is -1.96. The minimum atomic E-state index is -0.850. The second-order valence-electron chi connectivity index (χ2n) is 2.23. The summed E-state index contributed by atoms with van der Waals surface area (Å²) in [6.45, 7) is 0. The van der Waals surface area contributed by atoms with Gasteiger partial charge >= 0.3 is 5.97 Å². The highest BCUT2D eigenvalue weighted by molar-refractivity contribution is 6.29. The van der Waals surface area contributed by atoms with Gasteiger partial charge in [-0.05, 0) is 0 Å². The fourth-order valence-electron chi connectivity index (χ4n) is 0.735. The van der Waals surface area contributed by atoms with E-state index in [0.29, 0.717) is 12.1 Å². The summed E-state index contributed by atoms with van der Waals surface area (Å²) < 4.78 is 0. The average Bonchev–Trinajstić information content (AvgIpc) is 2.01. The predicted octanol–water partition coefficient (Wildman–Crippen LogP) is 1.15. The summed E-state index contributed by atoms with van der Waals surface area (Å²) in [5, 5.41) is 8.65. The number of aromatic nitrogens is 2. The molecule has 0 atom stereocenters. The SMILES string of the molecule is O=C(O)CCc1cncc(Cl)n1. The lowest BCUT2D eigenvalue weighted by Crippen LogP contribution is -1.99. The van der Waals surface area contributed by atoms with Crippen LogP contribution in [0.25, 0.3) is 0 Å². The summed E-state index contributed by atoms with van der Waals surface area (Å²) in [6.07, 6.45) is 3.33. The van der Waals surface area contributed by atoms with E-state index < -0.39 is 5.97 Å². The lowest BCUT2D eigenvalue weighted by molar-refractivity contribution is -0.136. The van der Waals surface area contributed by atoms with Crippen LogP contribution in [0.3, 0.4) is 0 Å². The molecule has 0 bridgehead atoms. The Kier molecular flexibility index (Phi) is 2.99. The topological polar surface area (TPSA) is 63.1 Å². The van der Waals surface area contributed by atoms with Crippen molar-refractivity contribution in [3.63, 3.8) is 0 Å². The van der Waals surface area contributed by atoms with Gasteiger partial charge in [0, 0.05) is 12.6 Å². The summed E-state index contributed by atoms with van der Waals surface area (Å²) in [5.74, 6) is -0.850. The van der Waals surface area contributed by atoms with E-state index in [2.05, 4.69) is 9.97 Å². The molecule has 0 aliphatic heterocycles. The van der Waals surface area contributed by atoms with Gasteiger partial charge in [0.1, 0.15) is 5.15 Å². The van der Waals surface area contributed by atoms with E-state index in [-0.39, 0.29) is 11.6 Å². The molecule has 64 valence electrons. The van der Waals surface area contributed by atoms with Crippen LogP contribution in [-0.2, 0) is 11.2 Å². The molecule has 0 aliphatic rings. The van der Waals surface area contributed by atoms with Gasteiger partial charge in [0.15, 0.2) is 0 Å². The summed E-state index contributed by atoms with van der Waals surface area (Å²) in [4.78, 5) is 17.8. The highest BCUT2D eigenvalue weighted by atomic mass is 35.5. The standard InChI is InChI=1S/C7H7ClN2O2/c8-6-4-9-3-5(10-6)1-2-7(11)12/h3-4H,1-2H2,(H,11,12). The Morgan fingerprint density at radius 2 is 2.33 bits per heavy atom. The van der Waals surface area contributed by atoms with Crippen molar-refractivity contribution in [1.82, 2.24) is 9.97 Å². The fourth-order valence-corrected chi connectivity index (χ4v) is 0.900. The number of carbonyl (C=O) groups is 1. The third-order valence-corrected chi connectivity index (χ3v) is 1.43. The Morgan fingerprint density at radius 1 is 1.58 bits per heavy atom. The van der Waals surface area contributed by atoms with Crippen LogP contribution in [0.1, 0.15) is 12.1 Å². The van der Waals surface area contributed by atoms with Gasteiger partial charge in [-0.25, -0.2) is 4.98 Å². The lowest BCUT2D eigenvalue weighted by atomic mass is 10.2. The van der Waals surface area contributed by atoms with E-state index in [1.54, 1.807) is 0 Å². The molecule has 0 amide bonds. The Morgan fingerprint density at radius 3 is 2.92 bits per heavy atom. The van der Waals surface area contributed by atoms with Crippen LogP contribution in [0.15, 0.2) is 12.4 Å². The molecule has 0 saturated heterocycles. The first kappa shape index (κ1) is 8.93. The van der Waals surface area contributed by atoms with Gasteiger partial charge in [-0.15, -0.1) is 0 Å². The van der Waals surface area contributed by atoms with Crippen molar-refractivity contribution in [3.05, 3.63) is 23.2 Å². The molecule has 5 heteroatoms. The number of aliphatic carboxylic acids is 1. The molecular weight excluding hydrogens is 180 g/mol. The van der Waals surface area contributed by atoms with Gasteiger partial charge in [-0.3, -0.25) is 9.78 Å². The summed E-state index contributed by atoms with van der Waals surface area (Å²) in [6, 6.07) is 0. The average molecular weight is 187 g/mol. The predicted molar refractivity (Wildman–Crippen MR) is 43.0 cm³/mol. The summed E-state index contributed by atoms with van der Waals surface area (Å²) in [7, 11) is 0. The van der Waals surface area contributed by atoms with Gasteiger partial charge in [-0.2, -0.15) is 0 Å². The molecule has 1 rings (SSSR count). The van der Waals surface area contributed by atoms with Crippen molar-refractivity contribution in [1.29, 1.82) is 0 Å². The second-order valence-corrected chi connectivity index (χ2v) is 2.61. The Hall–Kier alpha value is -1.16. The maximum absolute atomic E-state index is 10.2. The van der Waals surface area contributed by atoms with E-state index in [1.165, 1.54) is 12.4 Å². The van der Waals surface area contributed by atoms with E-state index >= 15 is 0 Å². The molecule has 0 spiro atoms. The normalized spacial score (nSPS) is 9.75. The summed E-state index contributed by atoms with van der Waals surface area (Å²) >= 11 is 5.54. The number of carboxylic acids is 1. The largest absolute Gasteiger partial charge is 0.481 e. The fraction of sp³-hybridized carbons (Fsp3) is 0.286. The molecule has 0 fully saturated rings. The molecular formula is C7H7ClN2O2. The summed E-state index contributed by atoms with van der Waals surface area (Å²) in [5.41, 5.74) is 0.602. The number of aryl methyl sites for hydroxylation is 1. The molecule has 0 saturated carbocycles. The van der Waals surface area contributed by atoms with E-state index in [1.807, 2.05) is 0 Å². The molecule has 1 N–H and O–H groups in total. The van der Waals surface area contributed by atoms with Crippen molar-refractivity contribution >= 4 is 17.6 Å². The van der Waals surface area contributed by atoms with Gasteiger partial charge < -0.3 is 5.11 Å². The number of rotatable bonds is 3. The monoisotopic (exact) mass is 186 g/mol. The zero-order chi connectivity index (χ0) is 8.97. The van der Waals surface area contributed by atoms with Crippen LogP contribution >= 0.6 is 11.6 Å². The van der Waals surface area contributed by atoms with Crippen LogP contribution in [0, 0.1) is 0 Å². The highest BCUT2D eigenvalue weighted by Crippen LogP contribution is 2.04. The van der Waals surface area contributed by atoms with Crippen LogP contribution < -0.4 is 0 Å². The first-order chi connectivity index (χ1) is 5.68. The molecule has 12 heavy (non-hydrogen) atoms. The van der Waals surface area contributed by atoms with Crippen molar-refractivity contribution in [2.45, 2.75) is 12.8 Å². The maximum atomic E-state index is 10.2. The van der Waals surface area contributed by atoms with Gasteiger partial charge in [-0.1, -0.05) is 11.6 Å². The Balaban J connectivity index is 2.57. The zero-order valence-electron chi connectivity index (χ0n) is 6.20. The van der Waals surface area contributed by atoms with Crippen LogP contribution in [0.4, 0.5) is 0 Å². The third kappa shape index (κ3) is 2.84. The number of hydrogen-bond acceptors (Lipinski definition) is 3. The van der Waals surface area contributed by atoms with Crippen molar-refractivity contribution < 1.29 is 9.90 Å². The molecule has 1 aromatic rings. The molecule has 0 radical (unpaired) electrons. The minimum absolute atomic E-state index is 0.0506. The Labute approximate surface area is 74.2 Å². The molecule has 1 heterocycles. The number of carboxylic acid groups (broad SMARTS) is 1. The van der Waals surface area contributed by atoms with Crippen molar-refractivity contribution in [3.8, 4) is 0 Å². The first-order valence-electron chi connectivity index (χ1n) is 3.36. The highest BCUT2D eigenvalue weighted by Gasteiger charge is 2.00. The smallest absolute Gasteiger partial charge is 0.303 e. The van der Waals surface area contributed by atoms with E-state index in [4.69, 9.17) is 16.7 Å². The van der Waals surface area contributed by atoms with Crippen LogP contribution in [-0.4, -0.2) is 21.0 Å². The molecule has 0 aromatic carbocycles. The quantitative estimate of drug-likeness (QED) is 0.769. The molecule has 0 aliphatic carbocycles. The minimum Gasteiger partial charge on any atom is -0.481 e. The van der Waals surface area contributed by atoms with Gasteiger partial charge in [0.25, 0.3) is 0 Å². The van der Waals surface area contributed by atoms with Crippen molar-refractivity contribution in [2.75, 3.05) is 0 Å². The maximum Gasteiger partial charge on any atom is 0.303 e. The number of halogens is 1. The number of hydrogen-bond donors (Lipinski definition) is 1. The van der Waals surface area contributed by atoms with Crippen LogP contribution in [0.2, 0.25) is 5.15 Å². The molecule has 1 aromatic heterocycles. The molecule has 0 unspecified atom stereocenters. The Bertz CT molecular complexity index is 290. The van der Waals surface area contributed by atoms with Crippen LogP contribution in [0.5, 0.6) is 0 Å². The first-order valence-corrected chi connectivity index (χ1v) is 3.74. The third-order valence-electron chi connectivity index (χ3n) is 1.25. The van der Waals surface area contributed by atoms with Gasteiger partial charge in [0.05, 0.1) is 18.3 Å². The van der Waals surface area contributed by atoms with E-state index in [0.717, 1.165) is 0 Å². The molecule has 4 nitrogen and oxygen atoms in total. The number of nitrogens with zero attached hydrogens (tertiary/aromatic N) is 2. The zero-order valence-corrected chi connectivity index (χ0v) is 6.95. The van der Waals surface area contributed by atoms with E-state index in [9.17, 15) is 4.79 Å². The van der Waals surface area contributed by atoms with Gasteiger partial charge in [0.2, 0.25) is 0 Å². The van der Waals surface area contributed by atoms with Crippen molar-refractivity contribution in [2.24, 2.45) is 0 Å². The second kappa shape index (κ2) is 4.01.